The van der Waals surface area contributed by atoms with Crippen molar-refractivity contribution >= 4 is 11.6 Å². The van der Waals surface area contributed by atoms with Gasteiger partial charge in [0.05, 0.1) is 19.9 Å². The molecular weight excluding hydrogens is 316 g/mol. The third-order valence-corrected chi connectivity index (χ3v) is 4.45. The summed E-state index contributed by atoms with van der Waals surface area (Å²) in [5, 5.41) is 3.25. The predicted molar refractivity (Wildman–Crippen MR) is 98.7 cm³/mol. The molecule has 6 heteroatoms. The minimum atomic E-state index is 0.607. The molecule has 0 aliphatic carbocycles. The maximum Gasteiger partial charge on any atom is 0.227 e. The highest BCUT2D eigenvalue weighted by Gasteiger charge is 2.18. The van der Waals surface area contributed by atoms with Crippen molar-refractivity contribution in [2.45, 2.75) is 32.7 Å². The van der Waals surface area contributed by atoms with Gasteiger partial charge in [-0.05, 0) is 13.0 Å². The molecule has 1 aromatic heterocycles. The minimum Gasteiger partial charge on any atom is -0.497 e. The van der Waals surface area contributed by atoms with E-state index in [1.54, 1.807) is 14.2 Å². The van der Waals surface area contributed by atoms with Crippen LogP contribution in [0, 0.1) is 0 Å². The summed E-state index contributed by atoms with van der Waals surface area (Å²) >= 11 is 0. The number of rotatable bonds is 7. The SMILES string of the molecule is CCCCN1CCc2nc(Nc3cc(OC)cc(OC)c3)ncc2C1. The van der Waals surface area contributed by atoms with Gasteiger partial charge in [0.2, 0.25) is 5.95 Å². The quantitative estimate of drug-likeness (QED) is 0.832. The van der Waals surface area contributed by atoms with Crippen molar-refractivity contribution < 1.29 is 9.47 Å². The first-order valence-electron chi connectivity index (χ1n) is 8.79. The number of nitrogens with one attached hydrogen (secondary N) is 1. The summed E-state index contributed by atoms with van der Waals surface area (Å²) in [6.07, 6.45) is 5.39. The van der Waals surface area contributed by atoms with Crippen LogP contribution in [-0.2, 0) is 13.0 Å². The van der Waals surface area contributed by atoms with Gasteiger partial charge < -0.3 is 14.8 Å². The van der Waals surface area contributed by atoms with Crippen molar-refractivity contribution in [2.75, 3.05) is 32.6 Å². The van der Waals surface area contributed by atoms with E-state index in [0.29, 0.717) is 5.95 Å². The zero-order chi connectivity index (χ0) is 17.6. The standard InChI is InChI=1S/C19H26N4O2/c1-4-5-7-23-8-6-18-14(13-23)12-20-19(22-18)21-15-9-16(24-2)11-17(10-15)25-3/h9-12H,4-8,13H2,1-3H3,(H,20,21,22). The number of benzene rings is 1. The van der Waals surface area contributed by atoms with Crippen molar-refractivity contribution in [3.8, 4) is 11.5 Å². The van der Waals surface area contributed by atoms with Crippen LogP contribution in [0.3, 0.4) is 0 Å². The van der Waals surface area contributed by atoms with Crippen molar-refractivity contribution in [3.05, 3.63) is 35.7 Å². The predicted octanol–water partition coefficient (Wildman–Crippen LogP) is 3.40. The molecule has 2 aromatic rings. The lowest BCUT2D eigenvalue weighted by molar-refractivity contribution is 0.248. The fourth-order valence-electron chi connectivity index (χ4n) is 3.02. The Morgan fingerprint density at radius 1 is 1.16 bits per heavy atom. The number of unbranched alkanes of at least 4 members (excludes halogenated alkanes) is 1. The molecule has 3 rings (SSSR count). The highest BCUT2D eigenvalue weighted by atomic mass is 16.5. The Morgan fingerprint density at radius 2 is 1.92 bits per heavy atom. The second kappa shape index (κ2) is 8.16. The Morgan fingerprint density at radius 3 is 2.60 bits per heavy atom. The van der Waals surface area contributed by atoms with Gasteiger partial charge in [-0.25, -0.2) is 9.97 Å². The van der Waals surface area contributed by atoms with Crippen molar-refractivity contribution in [2.24, 2.45) is 0 Å². The zero-order valence-corrected chi connectivity index (χ0v) is 15.2. The molecule has 6 nitrogen and oxygen atoms in total. The first-order valence-corrected chi connectivity index (χ1v) is 8.79. The lowest BCUT2D eigenvalue weighted by atomic mass is 10.1. The van der Waals surface area contributed by atoms with Crippen LogP contribution >= 0.6 is 0 Å². The first kappa shape index (κ1) is 17.5. The number of hydrogen-bond donors (Lipinski definition) is 1. The molecule has 0 fully saturated rings. The molecule has 0 saturated carbocycles. The topological polar surface area (TPSA) is 59.5 Å². The maximum atomic E-state index is 5.30. The number of aromatic nitrogens is 2. The summed E-state index contributed by atoms with van der Waals surface area (Å²) < 4.78 is 10.6. The minimum absolute atomic E-state index is 0.607. The number of hydrogen-bond acceptors (Lipinski definition) is 6. The number of fused-ring (bicyclic) bond motifs is 1. The lowest BCUT2D eigenvalue weighted by Gasteiger charge is -2.27. The smallest absolute Gasteiger partial charge is 0.227 e. The number of nitrogens with zero attached hydrogens (tertiary/aromatic N) is 3. The van der Waals surface area contributed by atoms with Gasteiger partial charge in [0.25, 0.3) is 0 Å². The zero-order valence-electron chi connectivity index (χ0n) is 15.2. The fraction of sp³-hybridized carbons (Fsp3) is 0.474. The molecule has 25 heavy (non-hydrogen) atoms. The average Bonchev–Trinajstić information content (AvgIpc) is 2.65. The molecule has 0 spiro atoms. The van der Waals surface area contributed by atoms with Crippen LogP contribution < -0.4 is 14.8 Å². The van der Waals surface area contributed by atoms with E-state index in [2.05, 4.69) is 22.1 Å². The van der Waals surface area contributed by atoms with Gasteiger partial charge in [0.15, 0.2) is 0 Å². The molecule has 0 radical (unpaired) electrons. The molecule has 1 aliphatic heterocycles. The summed E-state index contributed by atoms with van der Waals surface area (Å²) in [5.41, 5.74) is 3.22. The maximum absolute atomic E-state index is 5.30. The Hall–Kier alpha value is -2.34. The van der Waals surface area contributed by atoms with Crippen LogP contribution in [0.25, 0.3) is 0 Å². The molecule has 0 atom stereocenters. The normalized spacial score (nSPS) is 14.0. The second-order valence-corrected chi connectivity index (χ2v) is 6.27. The number of anilines is 2. The molecule has 2 heterocycles. The van der Waals surface area contributed by atoms with Crippen molar-refractivity contribution in [3.63, 3.8) is 0 Å². The Balaban J connectivity index is 1.73. The summed E-state index contributed by atoms with van der Waals surface area (Å²) in [7, 11) is 3.27. The molecule has 0 unspecified atom stereocenters. The highest BCUT2D eigenvalue weighted by molar-refractivity contribution is 5.59. The van der Waals surface area contributed by atoms with E-state index in [-0.39, 0.29) is 0 Å². The van der Waals surface area contributed by atoms with Crippen molar-refractivity contribution in [1.82, 2.24) is 14.9 Å². The first-order chi connectivity index (χ1) is 12.2. The van der Waals surface area contributed by atoms with Crippen LogP contribution in [0.2, 0.25) is 0 Å². The van der Waals surface area contributed by atoms with Gasteiger partial charge in [-0.15, -0.1) is 0 Å². The molecule has 0 amide bonds. The summed E-state index contributed by atoms with van der Waals surface area (Å²) in [5.74, 6) is 2.06. The van der Waals surface area contributed by atoms with E-state index in [4.69, 9.17) is 14.5 Å². The summed E-state index contributed by atoms with van der Waals surface area (Å²) in [6, 6.07) is 5.64. The highest BCUT2D eigenvalue weighted by Crippen LogP contribution is 2.27. The van der Waals surface area contributed by atoms with Crippen LogP contribution in [0.5, 0.6) is 11.5 Å². The van der Waals surface area contributed by atoms with Gasteiger partial charge in [-0.2, -0.15) is 0 Å². The fourth-order valence-corrected chi connectivity index (χ4v) is 3.02. The van der Waals surface area contributed by atoms with Crippen molar-refractivity contribution in [1.29, 1.82) is 0 Å². The molecule has 0 saturated heterocycles. The molecule has 1 aromatic carbocycles. The number of ether oxygens (including phenoxy) is 2. The average molecular weight is 342 g/mol. The Bertz CT molecular complexity index is 698. The van der Waals surface area contributed by atoms with Crippen LogP contribution in [0.15, 0.2) is 24.4 Å². The summed E-state index contributed by atoms with van der Waals surface area (Å²) in [4.78, 5) is 11.7. The molecule has 1 N–H and O–H groups in total. The van der Waals surface area contributed by atoms with Crippen LogP contribution in [-0.4, -0.2) is 42.2 Å². The molecular formula is C19H26N4O2. The van der Waals surface area contributed by atoms with Gasteiger partial charge >= 0.3 is 0 Å². The Labute approximate surface area is 149 Å². The summed E-state index contributed by atoms with van der Waals surface area (Å²) in [6.45, 7) is 5.39. The molecule has 134 valence electrons. The van der Waals surface area contributed by atoms with Gasteiger partial charge in [-0.3, -0.25) is 4.90 Å². The van der Waals surface area contributed by atoms with E-state index in [1.165, 1.54) is 18.4 Å². The molecule has 1 aliphatic rings. The van der Waals surface area contributed by atoms with E-state index < -0.39 is 0 Å². The Kier molecular flexibility index (Phi) is 5.71. The van der Waals surface area contributed by atoms with Gasteiger partial charge in [-0.1, -0.05) is 13.3 Å². The lowest BCUT2D eigenvalue weighted by Crippen LogP contribution is -2.32. The van der Waals surface area contributed by atoms with E-state index in [0.717, 1.165) is 48.9 Å². The largest absolute Gasteiger partial charge is 0.497 e. The van der Waals surface area contributed by atoms with Crippen LogP contribution in [0.4, 0.5) is 11.6 Å². The number of methoxy groups -OCH3 is 2. The van der Waals surface area contributed by atoms with E-state index >= 15 is 0 Å². The van der Waals surface area contributed by atoms with Crippen LogP contribution in [0.1, 0.15) is 31.0 Å². The van der Waals surface area contributed by atoms with E-state index in [9.17, 15) is 0 Å². The van der Waals surface area contributed by atoms with E-state index in [1.807, 2.05) is 24.4 Å². The molecule has 0 bridgehead atoms. The van der Waals surface area contributed by atoms with Gasteiger partial charge in [0, 0.05) is 55.2 Å². The third-order valence-electron chi connectivity index (χ3n) is 4.45. The monoisotopic (exact) mass is 342 g/mol. The second-order valence-electron chi connectivity index (χ2n) is 6.27. The third kappa shape index (κ3) is 4.39. The van der Waals surface area contributed by atoms with Gasteiger partial charge in [0.1, 0.15) is 11.5 Å².